The lowest BCUT2D eigenvalue weighted by Crippen LogP contribution is -2.37. The molecule has 6 rings (SSSR count). The fourth-order valence-electron chi connectivity index (χ4n) is 5.05. The van der Waals surface area contributed by atoms with Crippen LogP contribution in [-0.4, -0.2) is 45.0 Å². The molecule has 9 nitrogen and oxygen atoms in total. The van der Waals surface area contributed by atoms with Crippen molar-refractivity contribution < 1.29 is 19.1 Å². The molecule has 0 bridgehead atoms. The van der Waals surface area contributed by atoms with E-state index in [-0.39, 0.29) is 23.2 Å². The van der Waals surface area contributed by atoms with Gasteiger partial charge in [0.15, 0.2) is 0 Å². The lowest BCUT2D eigenvalue weighted by atomic mass is 9.94. The highest BCUT2D eigenvalue weighted by Gasteiger charge is 2.41. The van der Waals surface area contributed by atoms with Gasteiger partial charge in [-0.05, 0) is 38.0 Å². The summed E-state index contributed by atoms with van der Waals surface area (Å²) in [7, 11) is 0. The van der Waals surface area contributed by atoms with Crippen molar-refractivity contribution in [2.45, 2.75) is 39.3 Å². The van der Waals surface area contributed by atoms with E-state index in [4.69, 9.17) is 4.74 Å². The van der Waals surface area contributed by atoms with Crippen molar-refractivity contribution in [3.05, 3.63) is 83.1 Å². The second-order valence-electron chi connectivity index (χ2n) is 9.31. The van der Waals surface area contributed by atoms with E-state index >= 15 is 0 Å². The van der Waals surface area contributed by atoms with Crippen LogP contribution in [0.2, 0.25) is 0 Å². The Kier molecular flexibility index (Phi) is 4.89. The van der Waals surface area contributed by atoms with Gasteiger partial charge >= 0.3 is 5.97 Å². The predicted octanol–water partition coefficient (Wildman–Crippen LogP) is 2.71. The number of aryl methyl sites for hydroxylation is 1. The number of nitrogens with one attached hydrogen (secondary N) is 1. The van der Waals surface area contributed by atoms with E-state index in [2.05, 4.69) is 15.3 Å². The first-order chi connectivity index (χ1) is 17.3. The van der Waals surface area contributed by atoms with Crippen molar-refractivity contribution in [2.24, 2.45) is 4.99 Å². The van der Waals surface area contributed by atoms with Crippen molar-refractivity contribution >= 4 is 40.4 Å². The van der Waals surface area contributed by atoms with Gasteiger partial charge in [-0.3, -0.25) is 24.3 Å². The Morgan fingerprint density at radius 1 is 1.14 bits per heavy atom. The summed E-state index contributed by atoms with van der Waals surface area (Å²) in [6, 6.07) is 8.93. The fourth-order valence-corrected chi connectivity index (χ4v) is 5.05. The molecule has 0 saturated heterocycles. The van der Waals surface area contributed by atoms with Crippen LogP contribution in [0.3, 0.4) is 0 Å². The molecule has 0 spiro atoms. The molecule has 2 aromatic heterocycles. The number of anilines is 1. The number of rotatable bonds is 4. The van der Waals surface area contributed by atoms with Gasteiger partial charge in [-0.25, -0.2) is 9.78 Å². The lowest BCUT2D eigenvalue weighted by Gasteiger charge is -2.23. The zero-order valence-electron chi connectivity index (χ0n) is 20.0. The molecule has 2 amide bonds. The lowest BCUT2D eigenvalue weighted by molar-refractivity contribution is -0.148. The highest BCUT2D eigenvalue weighted by molar-refractivity contribution is 6.47. The van der Waals surface area contributed by atoms with Crippen molar-refractivity contribution in [1.82, 2.24) is 14.7 Å². The number of imide groups is 1. The highest BCUT2D eigenvalue weighted by Crippen LogP contribution is 2.40. The molecule has 9 heteroatoms. The largest absolute Gasteiger partial charge is 0.461 e. The molecule has 0 saturated carbocycles. The number of pyridine rings is 1. The Hall–Kier alpha value is -4.53. The van der Waals surface area contributed by atoms with Gasteiger partial charge in [0.25, 0.3) is 11.8 Å². The number of amides is 2. The number of hydrogen-bond acceptors (Lipinski definition) is 7. The molecule has 3 aliphatic heterocycles. The number of aliphatic imine (C=N–C) groups is 1. The number of benzene rings is 1. The molecule has 1 atom stereocenters. The Morgan fingerprint density at radius 3 is 2.75 bits per heavy atom. The summed E-state index contributed by atoms with van der Waals surface area (Å²) in [5, 5.41) is 2.44. The molecular formula is C27H23N5O4. The van der Waals surface area contributed by atoms with Crippen LogP contribution in [0.4, 0.5) is 5.69 Å². The highest BCUT2D eigenvalue weighted by atomic mass is 16.5. The number of carbonyl (C=O) groups is 3. The summed E-state index contributed by atoms with van der Waals surface area (Å²) in [5.41, 5.74) is 5.30. The average Bonchev–Trinajstić information content (AvgIpc) is 3.44. The van der Waals surface area contributed by atoms with Crippen LogP contribution in [-0.2, 0) is 25.5 Å². The summed E-state index contributed by atoms with van der Waals surface area (Å²) < 4.78 is 7.30. The number of ether oxygens (including phenoxy) is 1. The zero-order chi connectivity index (χ0) is 25.1. The van der Waals surface area contributed by atoms with Gasteiger partial charge < -0.3 is 9.64 Å². The van der Waals surface area contributed by atoms with E-state index < -0.39 is 17.9 Å². The van der Waals surface area contributed by atoms with Crippen molar-refractivity contribution in [2.75, 3.05) is 4.90 Å². The summed E-state index contributed by atoms with van der Waals surface area (Å²) >= 11 is 0. The topological polar surface area (TPSA) is 105 Å². The second-order valence-corrected chi connectivity index (χ2v) is 9.31. The molecule has 36 heavy (non-hydrogen) atoms. The van der Waals surface area contributed by atoms with E-state index in [0.29, 0.717) is 29.0 Å². The van der Waals surface area contributed by atoms with Crippen LogP contribution < -0.4 is 10.2 Å². The molecular weight excluding hydrogens is 458 g/mol. The number of carbonyl (C=O) groups excluding carboxylic acids is 3. The number of nitrogens with zero attached hydrogens (tertiary/aromatic N) is 4. The molecule has 3 aliphatic rings. The van der Waals surface area contributed by atoms with Gasteiger partial charge in [-0.15, -0.1) is 0 Å². The molecule has 1 N–H and O–H groups in total. The first-order valence-corrected chi connectivity index (χ1v) is 11.7. The summed E-state index contributed by atoms with van der Waals surface area (Å²) in [6.45, 7) is 5.58. The zero-order valence-corrected chi connectivity index (χ0v) is 20.0. The summed E-state index contributed by atoms with van der Waals surface area (Å²) in [4.78, 5) is 50.0. The minimum atomic E-state index is -0.538. The maximum absolute atomic E-state index is 13.2. The summed E-state index contributed by atoms with van der Waals surface area (Å²) in [6.07, 6.45) is 6.98. The van der Waals surface area contributed by atoms with E-state index in [9.17, 15) is 14.4 Å². The first kappa shape index (κ1) is 22.0. The van der Waals surface area contributed by atoms with Crippen LogP contribution >= 0.6 is 0 Å². The number of fused-ring (bicyclic) bond motifs is 1. The van der Waals surface area contributed by atoms with Gasteiger partial charge in [0.1, 0.15) is 11.7 Å². The maximum Gasteiger partial charge on any atom is 0.329 e. The molecule has 3 aromatic rings. The minimum Gasteiger partial charge on any atom is -0.461 e. The van der Waals surface area contributed by atoms with Crippen LogP contribution in [0.25, 0.3) is 11.2 Å². The van der Waals surface area contributed by atoms with Crippen LogP contribution in [0.1, 0.15) is 36.2 Å². The van der Waals surface area contributed by atoms with E-state index in [0.717, 1.165) is 16.8 Å². The standard InChI is InChI=1S/C27H23N5O4/c1-14(2)36-27(35)18-11-16-5-4-6-17-23(28-9-10-31(18)24(16)17)22-21(25(33)30-26(22)34)19-12-29-20-8-7-15(3)13-32(19)20/h4-10,12-14,18H,11H2,1-3H3,(H,30,33,34). The molecule has 0 fully saturated rings. The van der Waals surface area contributed by atoms with E-state index in [1.165, 1.54) is 0 Å². The number of aromatic nitrogens is 2. The van der Waals surface area contributed by atoms with E-state index in [1.807, 2.05) is 62.2 Å². The average molecular weight is 482 g/mol. The van der Waals surface area contributed by atoms with Crippen LogP contribution in [0, 0.1) is 6.92 Å². The van der Waals surface area contributed by atoms with Gasteiger partial charge in [0, 0.05) is 30.6 Å². The van der Waals surface area contributed by atoms with Crippen LogP contribution in [0.15, 0.2) is 65.7 Å². The Morgan fingerprint density at radius 2 is 1.94 bits per heavy atom. The third kappa shape index (κ3) is 3.27. The smallest absolute Gasteiger partial charge is 0.329 e. The van der Waals surface area contributed by atoms with Crippen molar-refractivity contribution in [3.8, 4) is 0 Å². The molecule has 5 heterocycles. The van der Waals surface area contributed by atoms with Crippen molar-refractivity contribution in [3.63, 3.8) is 0 Å². The van der Waals surface area contributed by atoms with Gasteiger partial charge in [-0.1, -0.05) is 24.3 Å². The molecule has 0 radical (unpaired) electrons. The summed E-state index contributed by atoms with van der Waals surface area (Å²) in [5.74, 6) is -1.35. The third-order valence-corrected chi connectivity index (χ3v) is 6.51. The maximum atomic E-state index is 13.2. The van der Waals surface area contributed by atoms with Gasteiger partial charge in [-0.2, -0.15) is 0 Å². The van der Waals surface area contributed by atoms with Gasteiger partial charge in [0.2, 0.25) is 0 Å². The molecule has 1 aromatic carbocycles. The molecule has 1 unspecified atom stereocenters. The monoisotopic (exact) mass is 481 g/mol. The van der Waals surface area contributed by atoms with Crippen molar-refractivity contribution in [1.29, 1.82) is 0 Å². The quantitative estimate of drug-likeness (QED) is 0.454. The molecule has 0 aliphatic carbocycles. The number of hydrogen-bond donors (Lipinski definition) is 1. The van der Waals surface area contributed by atoms with Crippen LogP contribution in [0.5, 0.6) is 0 Å². The fraction of sp³-hybridized carbons (Fsp3) is 0.222. The molecule has 180 valence electrons. The minimum absolute atomic E-state index is 0.177. The number of para-hydroxylation sites is 1. The predicted molar refractivity (Wildman–Crippen MR) is 133 cm³/mol. The van der Waals surface area contributed by atoms with E-state index in [1.54, 1.807) is 23.0 Å². The number of esters is 1. The normalized spacial score (nSPS) is 18.6. The number of imidazole rings is 1. The Bertz CT molecular complexity index is 1580. The van der Waals surface area contributed by atoms with Gasteiger partial charge in [0.05, 0.1) is 40.5 Å². The second kappa shape index (κ2) is 8.01. The first-order valence-electron chi connectivity index (χ1n) is 11.7. The third-order valence-electron chi connectivity index (χ3n) is 6.51. The Balaban J connectivity index is 1.52. The Labute approximate surface area is 206 Å². The SMILES string of the molecule is Cc1ccc2ncc(C3=C(C4=NC=CN5c6c(cccc64)CC5C(=O)OC(C)C)C(=O)NC3=O)n2c1.